The van der Waals surface area contributed by atoms with Gasteiger partial charge in [0.2, 0.25) is 10.0 Å². The molecule has 0 spiro atoms. The molecule has 0 bridgehead atoms. The number of hydrogen-bond acceptors (Lipinski definition) is 3. The third-order valence-electron chi connectivity index (χ3n) is 2.92. The van der Waals surface area contributed by atoms with Crippen LogP contribution in [0, 0.1) is 18.3 Å². The first kappa shape index (κ1) is 14.3. The van der Waals surface area contributed by atoms with Crippen LogP contribution in [0.3, 0.4) is 0 Å². The zero-order valence-corrected chi connectivity index (χ0v) is 11.8. The molecule has 20 heavy (non-hydrogen) atoms. The van der Waals surface area contributed by atoms with Crippen molar-refractivity contribution in [1.82, 2.24) is 4.72 Å². The maximum absolute atomic E-state index is 12.3. The minimum absolute atomic E-state index is 0.146. The summed E-state index contributed by atoms with van der Waals surface area (Å²) in [5.41, 5.74) is 1.82. The quantitative estimate of drug-likeness (QED) is 0.938. The molecule has 0 aromatic heterocycles. The molecule has 102 valence electrons. The number of aryl methyl sites for hydroxylation is 1. The zero-order valence-electron chi connectivity index (χ0n) is 11.0. The van der Waals surface area contributed by atoms with Crippen molar-refractivity contribution >= 4 is 10.0 Å². The average Bonchev–Trinajstić information content (AvgIpc) is 2.47. The van der Waals surface area contributed by atoms with E-state index in [0.717, 1.165) is 5.56 Å². The molecule has 1 N–H and O–H groups in total. The second kappa shape index (κ2) is 5.87. The van der Waals surface area contributed by atoms with E-state index in [4.69, 9.17) is 5.26 Å². The summed E-state index contributed by atoms with van der Waals surface area (Å²) in [5.74, 6) is 0. The van der Waals surface area contributed by atoms with Gasteiger partial charge in [-0.15, -0.1) is 0 Å². The van der Waals surface area contributed by atoms with E-state index in [1.165, 1.54) is 6.07 Å². The van der Waals surface area contributed by atoms with Crippen LogP contribution in [0.4, 0.5) is 0 Å². The third-order valence-corrected chi connectivity index (χ3v) is 4.46. The number of nitrogens with one attached hydrogen (secondary N) is 1. The third kappa shape index (κ3) is 3.23. The molecule has 0 radical (unpaired) electrons. The number of rotatable bonds is 4. The van der Waals surface area contributed by atoms with Crippen molar-refractivity contribution in [2.75, 3.05) is 0 Å². The van der Waals surface area contributed by atoms with E-state index in [9.17, 15) is 8.42 Å². The van der Waals surface area contributed by atoms with Gasteiger partial charge in [0.1, 0.15) is 0 Å². The van der Waals surface area contributed by atoms with E-state index in [2.05, 4.69) is 4.72 Å². The summed E-state index contributed by atoms with van der Waals surface area (Å²) >= 11 is 0. The molecule has 0 unspecified atom stereocenters. The Morgan fingerprint density at radius 2 is 1.85 bits per heavy atom. The summed E-state index contributed by atoms with van der Waals surface area (Å²) in [4.78, 5) is 0.146. The second-order valence-corrected chi connectivity index (χ2v) is 6.14. The molecule has 2 rings (SSSR count). The van der Waals surface area contributed by atoms with Gasteiger partial charge < -0.3 is 0 Å². The van der Waals surface area contributed by atoms with E-state index >= 15 is 0 Å². The molecule has 0 aliphatic heterocycles. The molecule has 0 saturated carbocycles. The van der Waals surface area contributed by atoms with Crippen molar-refractivity contribution in [2.24, 2.45) is 0 Å². The molecule has 0 heterocycles. The van der Waals surface area contributed by atoms with Gasteiger partial charge in [-0.3, -0.25) is 0 Å². The molecule has 0 aliphatic carbocycles. The van der Waals surface area contributed by atoms with Gasteiger partial charge >= 0.3 is 0 Å². The van der Waals surface area contributed by atoms with Crippen LogP contribution in [0.15, 0.2) is 53.4 Å². The molecule has 0 fully saturated rings. The number of hydrogen-bond donors (Lipinski definition) is 1. The molecule has 0 amide bonds. The molecule has 0 saturated heterocycles. The first-order chi connectivity index (χ1) is 9.53. The average molecular weight is 286 g/mol. The number of nitrogens with zero attached hydrogens (tertiary/aromatic N) is 1. The van der Waals surface area contributed by atoms with Crippen LogP contribution in [0.25, 0.3) is 0 Å². The number of sulfonamides is 1. The van der Waals surface area contributed by atoms with Crippen molar-refractivity contribution < 1.29 is 8.42 Å². The first-order valence-corrected chi connectivity index (χ1v) is 7.55. The molecule has 0 aliphatic rings. The molecule has 2 aromatic carbocycles. The second-order valence-electron chi connectivity index (χ2n) is 4.40. The van der Waals surface area contributed by atoms with Crippen LogP contribution in [-0.4, -0.2) is 8.42 Å². The Kier molecular flexibility index (Phi) is 4.18. The Bertz CT molecular complexity index is 747. The van der Waals surface area contributed by atoms with E-state index in [-0.39, 0.29) is 11.4 Å². The monoisotopic (exact) mass is 286 g/mol. The molecular formula is C15H14N2O2S. The summed E-state index contributed by atoms with van der Waals surface area (Å²) in [6.45, 7) is 1.93. The summed E-state index contributed by atoms with van der Waals surface area (Å²) < 4.78 is 27.1. The Hall–Kier alpha value is -2.16. The highest BCUT2D eigenvalue weighted by Gasteiger charge is 2.17. The van der Waals surface area contributed by atoms with Gasteiger partial charge in [-0.25, -0.2) is 13.1 Å². The lowest BCUT2D eigenvalue weighted by molar-refractivity contribution is 0.580. The van der Waals surface area contributed by atoms with Crippen molar-refractivity contribution in [1.29, 1.82) is 5.26 Å². The highest BCUT2D eigenvalue weighted by Crippen LogP contribution is 2.17. The van der Waals surface area contributed by atoms with Gasteiger partial charge in [0.15, 0.2) is 0 Å². The standard InChI is InChI=1S/C15H14N2O2S/c1-12-7-8-14(10-16)9-15(12)20(18,19)17-11-13-5-3-2-4-6-13/h2-9,17H,11H2,1H3. The first-order valence-electron chi connectivity index (χ1n) is 6.07. The van der Waals surface area contributed by atoms with Gasteiger partial charge in [0, 0.05) is 6.54 Å². The summed E-state index contributed by atoms with van der Waals surface area (Å²) in [5, 5.41) is 8.86. The SMILES string of the molecule is Cc1ccc(C#N)cc1S(=O)(=O)NCc1ccccc1. The summed E-state index contributed by atoms with van der Waals surface area (Å²) in [6.07, 6.45) is 0. The largest absolute Gasteiger partial charge is 0.241 e. The van der Waals surface area contributed by atoms with Crippen LogP contribution in [0.2, 0.25) is 0 Å². The minimum Gasteiger partial charge on any atom is -0.207 e. The van der Waals surface area contributed by atoms with Gasteiger partial charge in [-0.05, 0) is 30.2 Å². The summed E-state index contributed by atoms with van der Waals surface area (Å²) in [6, 6.07) is 15.9. The zero-order chi connectivity index (χ0) is 14.6. The molecule has 4 nitrogen and oxygen atoms in total. The maximum Gasteiger partial charge on any atom is 0.241 e. The topological polar surface area (TPSA) is 70.0 Å². The lowest BCUT2D eigenvalue weighted by Gasteiger charge is -2.09. The lowest BCUT2D eigenvalue weighted by atomic mass is 10.2. The van der Waals surface area contributed by atoms with Crippen molar-refractivity contribution in [3.05, 3.63) is 65.2 Å². The fourth-order valence-corrected chi connectivity index (χ4v) is 3.10. The molecule has 2 aromatic rings. The van der Waals surface area contributed by atoms with E-state index in [0.29, 0.717) is 11.1 Å². The Morgan fingerprint density at radius 1 is 1.15 bits per heavy atom. The minimum atomic E-state index is -3.62. The fourth-order valence-electron chi connectivity index (χ4n) is 1.81. The Labute approximate surface area is 118 Å². The Balaban J connectivity index is 2.25. The van der Waals surface area contributed by atoms with Crippen LogP contribution in [0.1, 0.15) is 16.7 Å². The normalized spacial score (nSPS) is 11.0. The van der Waals surface area contributed by atoms with Gasteiger partial charge in [0.25, 0.3) is 0 Å². The van der Waals surface area contributed by atoms with E-state index in [1.54, 1.807) is 19.1 Å². The lowest BCUT2D eigenvalue weighted by Crippen LogP contribution is -2.24. The number of benzene rings is 2. The summed E-state index contributed by atoms with van der Waals surface area (Å²) in [7, 11) is -3.62. The van der Waals surface area contributed by atoms with Crippen molar-refractivity contribution in [2.45, 2.75) is 18.4 Å². The predicted molar refractivity (Wildman–Crippen MR) is 76.4 cm³/mol. The molecular weight excluding hydrogens is 272 g/mol. The van der Waals surface area contributed by atoms with Crippen LogP contribution in [-0.2, 0) is 16.6 Å². The van der Waals surface area contributed by atoms with Gasteiger partial charge in [0.05, 0.1) is 16.5 Å². The smallest absolute Gasteiger partial charge is 0.207 e. The molecule has 0 atom stereocenters. The van der Waals surface area contributed by atoms with Crippen molar-refractivity contribution in [3.8, 4) is 6.07 Å². The van der Waals surface area contributed by atoms with Crippen molar-refractivity contribution in [3.63, 3.8) is 0 Å². The van der Waals surface area contributed by atoms with Crippen LogP contribution < -0.4 is 4.72 Å². The maximum atomic E-state index is 12.3. The predicted octanol–water partition coefficient (Wildman–Crippen LogP) is 2.35. The van der Waals surface area contributed by atoms with Gasteiger partial charge in [-0.2, -0.15) is 5.26 Å². The molecule has 5 heteroatoms. The van der Waals surface area contributed by atoms with Gasteiger partial charge in [-0.1, -0.05) is 36.4 Å². The van der Waals surface area contributed by atoms with Crippen LogP contribution >= 0.6 is 0 Å². The highest BCUT2D eigenvalue weighted by atomic mass is 32.2. The van der Waals surface area contributed by atoms with E-state index < -0.39 is 10.0 Å². The number of nitriles is 1. The highest BCUT2D eigenvalue weighted by molar-refractivity contribution is 7.89. The fraction of sp³-hybridized carbons (Fsp3) is 0.133. The Morgan fingerprint density at radius 3 is 2.50 bits per heavy atom. The van der Waals surface area contributed by atoms with Crippen LogP contribution in [0.5, 0.6) is 0 Å². The van der Waals surface area contributed by atoms with E-state index in [1.807, 2.05) is 36.4 Å².